The fourth-order valence-corrected chi connectivity index (χ4v) is 3.95. The van der Waals surface area contributed by atoms with E-state index in [1.807, 2.05) is 80.3 Å². The first kappa shape index (κ1) is 21.1. The molecule has 2 aromatic rings. The predicted octanol–water partition coefficient (Wildman–Crippen LogP) is 5.27. The molecule has 0 saturated heterocycles. The van der Waals surface area contributed by atoms with Crippen LogP contribution in [0.2, 0.25) is 0 Å². The van der Waals surface area contributed by atoms with E-state index in [0.29, 0.717) is 10.7 Å². The number of benzene rings is 2. The molecule has 0 saturated carbocycles. The maximum Gasteiger partial charge on any atom is 0.193 e. The van der Waals surface area contributed by atoms with Crippen molar-refractivity contribution in [1.82, 2.24) is 10.2 Å². The van der Waals surface area contributed by atoms with Crippen LogP contribution in [0.5, 0.6) is 5.75 Å². The van der Waals surface area contributed by atoms with Crippen molar-refractivity contribution < 1.29 is 9.53 Å². The highest BCUT2D eigenvalue weighted by Gasteiger charge is 2.34. The maximum absolute atomic E-state index is 13.5. The number of carbonyl (C=O) groups excluding carboxylic acids is 1. The van der Waals surface area contributed by atoms with Crippen molar-refractivity contribution in [2.24, 2.45) is 0 Å². The van der Waals surface area contributed by atoms with E-state index in [4.69, 9.17) is 17.0 Å². The fourth-order valence-electron chi connectivity index (χ4n) is 3.60. The van der Waals surface area contributed by atoms with Crippen LogP contribution in [0.3, 0.4) is 0 Å². The van der Waals surface area contributed by atoms with Gasteiger partial charge in [0.2, 0.25) is 0 Å². The minimum Gasteiger partial charge on any atom is -0.491 e. The third-order valence-corrected chi connectivity index (χ3v) is 5.23. The van der Waals surface area contributed by atoms with Gasteiger partial charge in [0.1, 0.15) is 5.75 Å². The third kappa shape index (κ3) is 4.67. The number of thiocarbonyl (C=S) groups is 1. The number of carbonyl (C=O) groups is 1. The Kier molecular flexibility index (Phi) is 6.70. The highest BCUT2D eigenvalue weighted by Crippen LogP contribution is 2.34. The zero-order valence-electron chi connectivity index (χ0n) is 17.4. The molecule has 1 N–H and O–H groups in total. The molecule has 29 heavy (non-hydrogen) atoms. The Morgan fingerprint density at radius 1 is 1.17 bits per heavy atom. The first-order valence-corrected chi connectivity index (χ1v) is 10.5. The molecule has 0 bridgehead atoms. The third-order valence-electron chi connectivity index (χ3n) is 4.89. The summed E-state index contributed by atoms with van der Waals surface area (Å²) in [5.74, 6) is 0.796. The lowest BCUT2D eigenvalue weighted by molar-refractivity contribution is 0.102. The number of hydrogen-bond donors (Lipinski definition) is 1. The molecule has 1 aliphatic rings. The number of nitrogens with one attached hydrogen (secondary N) is 1. The number of Topliss-reactive ketones (excluding diaryl/α,β-unsaturated/α-hetero) is 1. The molecule has 1 atom stereocenters. The minimum atomic E-state index is -0.320. The van der Waals surface area contributed by atoms with E-state index < -0.39 is 0 Å². The van der Waals surface area contributed by atoms with E-state index in [0.717, 1.165) is 35.5 Å². The van der Waals surface area contributed by atoms with Gasteiger partial charge in [0.25, 0.3) is 0 Å². The van der Waals surface area contributed by atoms with E-state index >= 15 is 0 Å². The molecule has 3 rings (SSSR count). The highest BCUT2D eigenvalue weighted by atomic mass is 32.1. The average molecular weight is 409 g/mol. The molecule has 152 valence electrons. The summed E-state index contributed by atoms with van der Waals surface area (Å²) >= 11 is 5.64. The fraction of sp³-hybridized carbons (Fsp3) is 0.333. The molecule has 0 spiro atoms. The lowest BCUT2D eigenvalue weighted by Crippen LogP contribution is -2.47. The van der Waals surface area contributed by atoms with Crippen molar-refractivity contribution in [2.45, 2.75) is 46.3 Å². The molecular weight excluding hydrogens is 380 g/mol. The standard InChI is InChI=1S/C24H28N2O2S/c1-5-14-26-17(4)21(23(27)18-10-7-6-8-11-18)22(25-24(26)29)19-12-9-13-20(15-19)28-16(2)3/h6-13,15-16,22H,5,14H2,1-4H3,(H,25,29). The number of nitrogens with zero attached hydrogens (tertiary/aromatic N) is 1. The van der Waals surface area contributed by atoms with Crippen molar-refractivity contribution in [3.63, 3.8) is 0 Å². The SMILES string of the molecule is CCCN1C(=S)NC(c2cccc(OC(C)C)c2)C(C(=O)c2ccccc2)=C1C. The summed E-state index contributed by atoms with van der Waals surface area (Å²) in [6.45, 7) is 8.86. The van der Waals surface area contributed by atoms with Crippen molar-refractivity contribution in [3.05, 3.63) is 77.0 Å². The monoisotopic (exact) mass is 408 g/mol. The molecule has 1 unspecified atom stereocenters. The quantitative estimate of drug-likeness (QED) is 0.499. The second-order valence-electron chi connectivity index (χ2n) is 7.47. The number of rotatable bonds is 7. The highest BCUT2D eigenvalue weighted by molar-refractivity contribution is 7.80. The van der Waals surface area contributed by atoms with Gasteiger partial charge in [-0.2, -0.15) is 0 Å². The van der Waals surface area contributed by atoms with Gasteiger partial charge in [-0.05, 0) is 57.1 Å². The molecule has 5 heteroatoms. The lowest BCUT2D eigenvalue weighted by Gasteiger charge is -2.38. The maximum atomic E-state index is 13.5. The van der Waals surface area contributed by atoms with Crippen LogP contribution in [0.1, 0.15) is 56.1 Å². The summed E-state index contributed by atoms with van der Waals surface area (Å²) in [5, 5.41) is 4.05. The van der Waals surface area contributed by atoms with Gasteiger partial charge < -0.3 is 15.0 Å². The van der Waals surface area contributed by atoms with Crippen LogP contribution in [-0.4, -0.2) is 28.4 Å². The lowest BCUT2D eigenvalue weighted by atomic mass is 9.89. The Morgan fingerprint density at radius 2 is 1.90 bits per heavy atom. The van der Waals surface area contributed by atoms with Gasteiger partial charge in [-0.1, -0.05) is 49.4 Å². The predicted molar refractivity (Wildman–Crippen MR) is 121 cm³/mol. The van der Waals surface area contributed by atoms with E-state index in [-0.39, 0.29) is 17.9 Å². The normalized spacial score (nSPS) is 16.8. The van der Waals surface area contributed by atoms with Crippen LogP contribution < -0.4 is 10.1 Å². The number of allylic oxidation sites excluding steroid dienone is 1. The van der Waals surface area contributed by atoms with Crippen LogP contribution in [-0.2, 0) is 0 Å². The van der Waals surface area contributed by atoms with Crippen LogP contribution in [0.4, 0.5) is 0 Å². The van der Waals surface area contributed by atoms with E-state index in [1.165, 1.54) is 0 Å². The minimum absolute atomic E-state index is 0.0133. The summed E-state index contributed by atoms with van der Waals surface area (Å²) in [7, 11) is 0. The Balaban J connectivity index is 2.09. The van der Waals surface area contributed by atoms with Crippen LogP contribution >= 0.6 is 12.2 Å². The Bertz CT molecular complexity index is 921. The second-order valence-corrected chi connectivity index (χ2v) is 7.85. The zero-order valence-corrected chi connectivity index (χ0v) is 18.3. The zero-order chi connectivity index (χ0) is 21.0. The molecule has 4 nitrogen and oxygen atoms in total. The van der Waals surface area contributed by atoms with Crippen LogP contribution in [0.25, 0.3) is 0 Å². The molecule has 0 amide bonds. The number of ketones is 1. The summed E-state index contributed by atoms with van der Waals surface area (Å²) in [4.78, 5) is 15.5. The molecule has 0 fully saturated rings. The van der Waals surface area contributed by atoms with Gasteiger partial charge in [0, 0.05) is 23.4 Å². The average Bonchev–Trinajstić information content (AvgIpc) is 2.70. The van der Waals surface area contributed by atoms with Gasteiger partial charge in [-0.15, -0.1) is 0 Å². The van der Waals surface area contributed by atoms with Crippen molar-refractivity contribution in [2.75, 3.05) is 6.54 Å². The smallest absolute Gasteiger partial charge is 0.193 e. The van der Waals surface area contributed by atoms with E-state index in [9.17, 15) is 4.79 Å². The van der Waals surface area contributed by atoms with Gasteiger partial charge in [-0.3, -0.25) is 4.79 Å². The molecule has 0 aliphatic carbocycles. The van der Waals surface area contributed by atoms with Gasteiger partial charge in [-0.25, -0.2) is 0 Å². The van der Waals surface area contributed by atoms with E-state index in [1.54, 1.807) is 0 Å². The summed E-state index contributed by atoms with van der Waals surface area (Å²) in [6, 6.07) is 17.0. The Morgan fingerprint density at radius 3 is 2.55 bits per heavy atom. The molecule has 0 radical (unpaired) electrons. The largest absolute Gasteiger partial charge is 0.491 e. The first-order chi connectivity index (χ1) is 13.9. The number of ether oxygens (including phenoxy) is 1. The van der Waals surface area contributed by atoms with Crippen LogP contribution in [0, 0.1) is 0 Å². The van der Waals surface area contributed by atoms with Crippen molar-refractivity contribution in [1.29, 1.82) is 0 Å². The molecule has 2 aromatic carbocycles. The number of hydrogen-bond acceptors (Lipinski definition) is 3. The van der Waals surface area contributed by atoms with Crippen molar-refractivity contribution >= 4 is 23.1 Å². The molecular formula is C24H28N2O2S. The topological polar surface area (TPSA) is 41.6 Å². The van der Waals surface area contributed by atoms with Gasteiger partial charge in [0.15, 0.2) is 10.9 Å². The summed E-state index contributed by atoms with van der Waals surface area (Å²) in [5.41, 5.74) is 3.26. The van der Waals surface area contributed by atoms with E-state index in [2.05, 4.69) is 12.2 Å². The molecule has 1 heterocycles. The molecule has 0 aromatic heterocycles. The summed E-state index contributed by atoms with van der Waals surface area (Å²) < 4.78 is 5.87. The second kappa shape index (κ2) is 9.23. The van der Waals surface area contributed by atoms with Crippen molar-refractivity contribution in [3.8, 4) is 5.75 Å². The first-order valence-electron chi connectivity index (χ1n) is 10.1. The molecule has 1 aliphatic heterocycles. The van der Waals surface area contributed by atoms with Gasteiger partial charge >= 0.3 is 0 Å². The Labute approximate surface area is 178 Å². The summed E-state index contributed by atoms with van der Waals surface area (Å²) in [6.07, 6.45) is 1.02. The Hall–Kier alpha value is -2.66. The van der Waals surface area contributed by atoms with Gasteiger partial charge in [0.05, 0.1) is 12.1 Å². The van der Waals surface area contributed by atoms with Crippen LogP contribution in [0.15, 0.2) is 65.9 Å².